The van der Waals surface area contributed by atoms with Crippen LogP contribution in [0.4, 0.5) is 5.69 Å². The van der Waals surface area contributed by atoms with Gasteiger partial charge in [-0.1, -0.05) is 17.7 Å². The van der Waals surface area contributed by atoms with E-state index in [4.69, 9.17) is 17.3 Å². The van der Waals surface area contributed by atoms with E-state index in [2.05, 4.69) is 10.3 Å². The first-order valence-electron chi connectivity index (χ1n) is 7.09. The molecule has 0 spiro atoms. The van der Waals surface area contributed by atoms with Gasteiger partial charge >= 0.3 is 0 Å². The molecular weight excluding hydrogens is 288 g/mol. The molecule has 0 bridgehead atoms. The number of guanidine groups is 1. The molecule has 0 saturated heterocycles. The molecule has 0 aliphatic heterocycles. The lowest BCUT2D eigenvalue weighted by atomic mass is 10.2. The Morgan fingerprint density at radius 2 is 2.05 bits per heavy atom. The Balaban J connectivity index is 2.52. The number of carbonyl (C=O) groups is 1. The fourth-order valence-electron chi connectivity index (χ4n) is 1.88. The summed E-state index contributed by atoms with van der Waals surface area (Å²) in [4.78, 5) is 18.1. The molecule has 0 radical (unpaired) electrons. The number of benzene rings is 1. The largest absolute Gasteiger partial charge is 0.370 e. The van der Waals surface area contributed by atoms with Crippen molar-refractivity contribution in [2.45, 2.75) is 27.2 Å². The summed E-state index contributed by atoms with van der Waals surface area (Å²) < 4.78 is 0. The van der Waals surface area contributed by atoms with E-state index in [1.165, 1.54) is 0 Å². The summed E-state index contributed by atoms with van der Waals surface area (Å²) >= 11 is 6.01. The highest BCUT2D eigenvalue weighted by Gasteiger charge is 2.07. The van der Waals surface area contributed by atoms with Gasteiger partial charge in [0.05, 0.1) is 6.54 Å². The number of hydrogen-bond donors (Lipinski definition) is 2. The van der Waals surface area contributed by atoms with Crippen molar-refractivity contribution < 1.29 is 4.79 Å². The van der Waals surface area contributed by atoms with Gasteiger partial charge in [-0.25, -0.2) is 0 Å². The number of nitrogens with two attached hydrogens (primary N) is 1. The third-order valence-electron chi connectivity index (χ3n) is 3.24. The Labute approximate surface area is 131 Å². The standard InChI is InChI=1S/C15H23ClN4O/c1-4-20(5-2)15(17)18-10-9-14(21)19-13-8-6-7-12(16)11(13)3/h6-8H,4-5,9-10H2,1-3H3,(H2,17,18)(H,19,21). The number of anilines is 1. The van der Waals surface area contributed by atoms with E-state index < -0.39 is 0 Å². The summed E-state index contributed by atoms with van der Waals surface area (Å²) in [5, 5.41) is 3.47. The zero-order valence-electron chi connectivity index (χ0n) is 12.8. The number of rotatable bonds is 6. The molecule has 0 atom stereocenters. The smallest absolute Gasteiger partial charge is 0.226 e. The summed E-state index contributed by atoms with van der Waals surface area (Å²) in [6.45, 7) is 7.88. The second kappa shape index (κ2) is 8.52. The van der Waals surface area contributed by atoms with Crippen molar-refractivity contribution in [1.29, 1.82) is 0 Å². The molecule has 0 aliphatic carbocycles. The van der Waals surface area contributed by atoms with E-state index in [0.717, 1.165) is 24.3 Å². The lowest BCUT2D eigenvalue weighted by Gasteiger charge is -2.19. The predicted molar refractivity (Wildman–Crippen MR) is 88.8 cm³/mol. The zero-order valence-corrected chi connectivity index (χ0v) is 13.6. The van der Waals surface area contributed by atoms with Gasteiger partial charge in [0, 0.05) is 30.2 Å². The second-order valence-electron chi connectivity index (χ2n) is 4.62. The zero-order chi connectivity index (χ0) is 15.8. The maximum Gasteiger partial charge on any atom is 0.226 e. The van der Waals surface area contributed by atoms with Crippen molar-refractivity contribution in [3.8, 4) is 0 Å². The molecule has 21 heavy (non-hydrogen) atoms. The molecule has 1 rings (SSSR count). The van der Waals surface area contributed by atoms with Crippen molar-refractivity contribution in [2.24, 2.45) is 10.7 Å². The summed E-state index contributed by atoms with van der Waals surface area (Å²) in [7, 11) is 0. The van der Waals surface area contributed by atoms with Crippen LogP contribution >= 0.6 is 11.6 Å². The number of halogens is 1. The molecular formula is C15H23ClN4O. The lowest BCUT2D eigenvalue weighted by molar-refractivity contribution is -0.116. The van der Waals surface area contributed by atoms with E-state index in [9.17, 15) is 4.79 Å². The molecule has 5 nitrogen and oxygen atoms in total. The molecule has 6 heteroatoms. The van der Waals surface area contributed by atoms with E-state index in [1.807, 2.05) is 37.8 Å². The van der Waals surface area contributed by atoms with Crippen LogP contribution in [0.2, 0.25) is 5.02 Å². The summed E-state index contributed by atoms with van der Waals surface area (Å²) in [6.07, 6.45) is 0.286. The monoisotopic (exact) mass is 310 g/mol. The molecule has 0 saturated carbocycles. The minimum Gasteiger partial charge on any atom is -0.370 e. The van der Waals surface area contributed by atoms with Gasteiger partial charge in [0.15, 0.2) is 5.96 Å². The molecule has 3 N–H and O–H groups in total. The minimum atomic E-state index is -0.100. The van der Waals surface area contributed by atoms with Crippen LogP contribution in [0.1, 0.15) is 25.8 Å². The van der Waals surface area contributed by atoms with Crippen molar-refractivity contribution in [1.82, 2.24) is 4.90 Å². The number of aliphatic imine (C=N–C) groups is 1. The van der Waals surface area contributed by atoms with Gasteiger partial charge in [0.1, 0.15) is 0 Å². The summed E-state index contributed by atoms with van der Waals surface area (Å²) in [5.74, 6) is 0.378. The van der Waals surface area contributed by atoms with Crippen LogP contribution in [0.3, 0.4) is 0 Å². The Morgan fingerprint density at radius 1 is 1.38 bits per heavy atom. The van der Waals surface area contributed by atoms with Gasteiger partial charge in [-0.05, 0) is 38.5 Å². The van der Waals surface area contributed by atoms with Gasteiger partial charge in [-0.3, -0.25) is 9.79 Å². The molecule has 0 aliphatic rings. The number of amides is 1. The molecule has 1 aromatic rings. The van der Waals surface area contributed by atoms with Crippen molar-refractivity contribution in [3.63, 3.8) is 0 Å². The number of carbonyl (C=O) groups excluding carboxylic acids is 1. The fourth-order valence-corrected chi connectivity index (χ4v) is 2.05. The topological polar surface area (TPSA) is 70.7 Å². The Hall–Kier alpha value is -1.75. The highest BCUT2D eigenvalue weighted by Crippen LogP contribution is 2.22. The molecule has 0 fully saturated rings. The average Bonchev–Trinajstić information content (AvgIpc) is 2.45. The van der Waals surface area contributed by atoms with E-state index >= 15 is 0 Å². The fraction of sp³-hybridized carbons (Fsp3) is 0.467. The number of nitrogens with zero attached hydrogens (tertiary/aromatic N) is 2. The quantitative estimate of drug-likeness (QED) is 0.627. The lowest BCUT2D eigenvalue weighted by Crippen LogP contribution is -2.37. The summed E-state index contributed by atoms with van der Waals surface area (Å²) in [6, 6.07) is 5.43. The summed E-state index contributed by atoms with van der Waals surface area (Å²) in [5.41, 5.74) is 7.44. The molecule has 0 heterocycles. The Bertz CT molecular complexity index is 512. The van der Waals surface area contributed by atoms with Crippen LogP contribution in [0.15, 0.2) is 23.2 Å². The van der Waals surface area contributed by atoms with Crippen LogP contribution in [0.5, 0.6) is 0 Å². The first-order valence-corrected chi connectivity index (χ1v) is 7.47. The number of hydrogen-bond acceptors (Lipinski definition) is 2. The normalized spacial score (nSPS) is 11.3. The molecule has 0 aromatic heterocycles. The maximum atomic E-state index is 11.9. The molecule has 1 aromatic carbocycles. The van der Waals surface area contributed by atoms with E-state index in [1.54, 1.807) is 6.07 Å². The Morgan fingerprint density at radius 3 is 2.67 bits per heavy atom. The SMILES string of the molecule is CCN(CC)C(N)=NCCC(=O)Nc1cccc(Cl)c1C. The van der Waals surface area contributed by atoms with Gasteiger partial charge < -0.3 is 16.0 Å². The van der Waals surface area contributed by atoms with Crippen molar-refractivity contribution >= 4 is 29.2 Å². The van der Waals surface area contributed by atoms with Gasteiger partial charge in [-0.15, -0.1) is 0 Å². The van der Waals surface area contributed by atoms with Crippen LogP contribution in [0, 0.1) is 6.92 Å². The van der Waals surface area contributed by atoms with Crippen molar-refractivity contribution in [3.05, 3.63) is 28.8 Å². The Kier molecular flexibility index (Phi) is 7.02. The van der Waals surface area contributed by atoms with Gasteiger partial charge in [0.2, 0.25) is 5.91 Å². The van der Waals surface area contributed by atoms with Crippen molar-refractivity contribution in [2.75, 3.05) is 25.0 Å². The van der Waals surface area contributed by atoms with E-state index in [-0.39, 0.29) is 12.3 Å². The molecule has 1 amide bonds. The average molecular weight is 311 g/mol. The van der Waals surface area contributed by atoms with Crippen LogP contribution < -0.4 is 11.1 Å². The van der Waals surface area contributed by atoms with Gasteiger partial charge in [0.25, 0.3) is 0 Å². The second-order valence-corrected chi connectivity index (χ2v) is 5.03. The van der Waals surface area contributed by atoms with Gasteiger partial charge in [-0.2, -0.15) is 0 Å². The highest BCUT2D eigenvalue weighted by molar-refractivity contribution is 6.31. The third kappa shape index (κ3) is 5.27. The maximum absolute atomic E-state index is 11.9. The third-order valence-corrected chi connectivity index (χ3v) is 3.65. The predicted octanol–water partition coefficient (Wildman–Crippen LogP) is 2.63. The number of nitrogens with one attached hydrogen (secondary N) is 1. The molecule has 116 valence electrons. The van der Waals surface area contributed by atoms with Crippen LogP contribution in [-0.4, -0.2) is 36.4 Å². The highest BCUT2D eigenvalue weighted by atomic mass is 35.5. The first-order chi connectivity index (χ1) is 9.99. The first kappa shape index (κ1) is 17.3. The van der Waals surface area contributed by atoms with Crippen LogP contribution in [0.25, 0.3) is 0 Å². The minimum absolute atomic E-state index is 0.100. The van der Waals surface area contributed by atoms with E-state index in [0.29, 0.717) is 17.5 Å². The molecule has 0 unspecified atom stereocenters. The van der Waals surface area contributed by atoms with Crippen LogP contribution in [-0.2, 0) is 4.79 Å².